The van der Waals surface area contributed by atoms with E-state index >= 15 is 0 Å². The van der Waals surface area contributed by atoms with Crippen LogP contribution in [0.1, 0.15) is 17.1 Å². The van der Waals surface area contributed by atoms with E-state index in [-0.39, 0.29) is 0 Å². The quantitative estimate of drug-likeness (QED) is 0.812. The SMILES string of the molecule is Cc1ccc(C)n1NCc1cn(C)nn1. The predicted octanol–water partition coefficient (Wildman–Crippen LogP) is 0.977. The molecule has 0 unspecified atom stereocenters. The van der Waals surface area contributed by atoms with Crippen LogP contribution in [0.15, 0.2) is 18.3 Å². The number of aromatic nitrogens is 4. The largest absolute Gasteiger partial charge is 0.320 e. The third-order valence-corrected chi connectivity index (χ3v) is 2.34. The van der Waals surface area contributed by atoms with Crippen LogP contribution in [0.3, 0.4) is 0 Å². The van der Waals surface area contributed by atoms with E-state index < -0.39 is 0 Å². The molecule has 5 heteroatoms. The maximum absolute atomic E-state index is 4.01. The molecule has 0 aliphatic carbocycles. The summed E-state index contributed by atoms with van der Waals surface area (Å²) in [6.07, 6.45) is 1.90. The minimum Gasteiger partial charge on any atom is -0.320 e. The molecule has 0 aliphatic heterocycles. The zero-order valence-corrected chi connectivity index (χ0v) is 9.23. The number of hydrogen-bond donors (Lipinski definition) is 1. The van der Waals surface area contributed by atoms with Gasteiger partial charge in [0.1, 0.15) is 5.69 Å². The summed E-state index contributed by atoms with van der Waals surface area (Å²) in [6.45, 7) is 4.82. The molecule has 0 fully saturated rings. The van der Waals surface area contributed by atoms with Crippen LogP contribution in [0.2, 0.25) is 0 Å². The molecule has 15 heavy (non-hydrogen) atoms. The van der Waals surface area contributed by atoms with Gasteiger partial charge in [-0.3, -0.25) is 9.36 Å². The van der Waals surface area contributed by atoms with E-state index in [4.69, 9.17) is 0 Å². The van der Waals surface area contributed by atoms with Gasteiger partial charge >= 0.3 is 0 Å². The van der Waals surface area contributed by atoms with E-state index in [1.54, 1.807) is 4.68 Å². The molecule has 2 heterocycles. The van der Waals surface area contributed by atoms with Crippen molar-refractivity contribution in [1.82, 2.24) is 19.7 Å². The van der Waals surface area contributed by atoms with Gasteiger partial charge in [-0.25, -0.2) is 0 Å². The lowest BCUT2D eigenvalue weighted by Gasteiger charge is -2.10. The minimum atomic E-state index is 0.685. The second kappa shape index (κ2) is 3.76. The Hall–Kier alpha value is -1.78. The van der Waals surface area contributed by atoms with Crippen LogP contribution in [0, 0.1) is 13.8 Å². The van der Waals surface area contributed by atoms with Crippen molar-refractivity contribution in [3.05, 3.63) is 35.4 Å². The molecule has 0 saturated heterocycles. The van der Waals surface area contributed by atoms with Crippen molar-refractivity contribution in [2.75, 3.05) is 5.43 Å². The Kier molecular flexibility index (Phi) is 2.45. The third-order valence-electron chi connectivity index (χ3n) is 2.34. The van der Waals surface area contributed by atoms with E-state index in [0.717, 1.165) is 5.69 Å². The summed E-state index contributed by atoms with van der Waals surface area (Å²) >= 11 is 0. The van der Waals surface area contributed by atoms with Crippen LogP contribution in [0.4, 0.5) is 0 Å². The maximum atomic E-state index is 4.01. The average molecular weight is 205 g/mol. The van der Waals surface area contributed by atoms with E-state index in [1.807, 2.05) is 13.2 Å². The van der Waals surface area contributed by atoms with E-state index in [1.165, 1.54) is 11.4 Å². The van der Waals surface area contributed by atoms with Gasteiger partial charge in [0, 0.05) is 24.6 Å². The molecule has 2 rings (SSSR count). The Bertz CT molecular complexity index is 435. The molecule has 0 bridgehead atoms. The first-order valence-corrected chi connectivity index (χ1v) is 4.91. The third kappa shape index (κ3) is 2.01. The summed E-state index contributed by atoms with van der Waals surface area (Å²) in [5, 5.41) is 7.89. The molecular weight excluding hydrogens is 190 g/mol. The van der Waals surface area contributed by atoms with Gasteiger partial charge in [0.25, 0.3) is 0 Å². The van der Waals surface area contributed by atoms with E-state index in [9.17, 15) is 0 Å². The van der Waals surface area contributed by atoms with Crippen molar-refractivity contribution >= 4 is 0 Å². The van der Waals surface area contributed by atoms with Crippen LogP contribution in [-0.2, 0) is 13.6 Å². The zero-order valence-electron chi connectivity index (χ0n) is 9.23. The standard InChI is InChI=1S/C10H15N5/c1-8-4-5-9(2)15(8)11-6-10-7-14(3)13-12-10/h4-5,7,11H,6H2,1-3H3. The van der Waals surface area contributed by atoms with Crippen LogP contribution in [-0.4, -0.2) is 19.7 Å². The van der Waals surface area contributed by atoms with Crippen molar-refractivity contribution in [2.45, 2.75) is 20.4 Å². The smallest absolute Gasteiger partial charge is 0.103 e. The predicted molar refractivity (Wildman–Crippen MR) is 58.0 cm³/mol. The van der Waals surface area contributed by atoms with Crippen molar-refractivity contribution in [3.8, 4) is 0 Å². The molecule has 0 amide bonds. The van der Waals surface area contributed by atoms with Gasteiger partial charge in [-0.2, -0.15) is 0 Å². The molecule has 0 saturated carbocycles. The van der Waals surface area contributed by atoms with Gasteiger partial charge < -0.3 is 5.43 Å². The number of hydrogen-bond acceptors (Lipinski definition) is 3. The fourth-order valence-electron chi connectivity index (χ4n) is 1.55. The second-order valence-electron chi connectivity index (χ2n) is 3.67. The highest BCUT2D eigenvalue weighted by molar-refractivity contribution is 5.15. The number of aryl methyl sites for hydroxylation is 3. The molecule has 0 atom stereocenters. The molecule has 0 aromatic carbocycles. The Morgan fingerprint density at radius 1 is 1.27 bits per heavy atom. The van der Waals surface area contributed by atoms with Gasteiger partial charge in [0.05, 0.1) is 6.54 Å². The highest BCUT2D eigenvalue weighted by Crippen LogP contribution is 2.04. The van der Waals surface area contributed by atoms with Crippen LogP contribution in [0.5, 0.6) is 0 Å². The minimum absolute atomic E-state index is 0.685. The first-order chi connectivity index (χ1) is 7.16. The van der Waals surface area contributed by atoms with E-state index in [0.29, 0.717) is 6.54 Å². The Labute approximate surface area is 88.7 Å². The molecule has 1 N–H and O–H groups in total. The molecule has 80 valence electrons. The average Bonchev–Trinajstić information content (AvgIpc) is 2.73. The van der Waals surface area contributed by atoms with Gasteiger partial charge in [-0.15, -0.1) is 5.10 Å². The van der Waals surface area contributed by atoms with Gasteiger partial charge in [0.2, 0.25) is 0 Å². The summed E-state index contributed by atoms with van der Waals surface area (Å²) in [6, 6.07) is 4.16. The van der Waals surface area contributed by atoms with Crippen LogP contribution >= 0.6 is 0 Å². The zero-order chi connectivity index (χ0) is 10.8. The fraction of sp³-hybridized carbons (Fsp3) is 0.400. The van der Waals surface area contributed by atoms with E-state index in [2.05, 4.69) is 46.4 Å². The summed E-state index contributed by atoms with van der Waals surface area (Å²) in [7, 11) is 1.86. The summed E-state index contributed by atoms with van der Waals surface area (Å²) in [5.74, 6) is 0. The number of nitrogens with one attached hydrogen (secondary N) is 1. The summed E-state index contributed by atoms with van der Waals surface area (Å²) < 4.78 is 3.75. The Balaban J connectivity index is 2.05. The topological polar surface area (TPSA) is 47.7 Å². The molecule has 0 radical (unpaired) electrons. The molecule has 2 aromatic heterocycles. The lowest BCUT2D eigenvalue weighted by molar-refractivity contribution is 0.712. The van der Waals surface area contributed by atoms with Gasteiger partial charge in [-0.1, -0.05) is 5.21 Å². The lowest BCUT2D eigenvalue weighted by Crippen LogP contribution is -2.17. The summed E-state index contributed by atoms with van der Waals surface area (Å²) in [5.41, 5.74) is 6.61. The van der Waals surface area contributed by atoms with Crippen LogP contribution < -0.4 is 5.43 Å². The van der Waals surface area contributed by atoms with Crippen molar-refractivity contribution in [1.29, 1.82) is 0 Å². The molecule has 0 aliphatic rings. The highest BCUT2D eigenvalue weighted by atomic mass is 15.4. The molecule has 0 spiro atoms. The van der Waals surface area contributed by atoms with Crippen molar-refractivity contribution < 1.29 is 0 Å². The lowest BCUT2D eigenvalue weighted by atomic mass is 10.5. The fourth-order valence-corrected chi connectivity index (χ4v) is 1.55. The van der Waals surface area contributed by atoms with Crippen LogP contribution in [0.25, 0.3) is 0 Å². The Morgan fingerprint density at radius 2 is 1.93 bits per heavy atom. The number of nitrogens with zero attached hydrogens (tertiary/aromatic N) is 4. The molecule has 2 aromatic rings. The van der Waals surface area contributed by atoms with Gasteiger partial charge in [0.15, 0.2) is 0 Å². The molecular formula is C10H15N5. The second-order valence-corrected chi connectivity index (χ2v) is 3.67. The number of rotatable bonds is 3. The van der Waals surface area contributed by atoms with Crippen molar-refractivity contribution in [2.24, 2.45) is 7.05 Å². The molecule has 5 nitrogen and oxygen atoms in total. The highest BCUT2D eigenvalue weighted by Gasteiger charge is 2.01. The Morgan fingerprint density at radius 3 is 2.47 bits per heavy atom. The van der Waals surface area contributed by atoms with Crippen molar-refractivity contribution in [3.63, 3.8) is 0 Å². The first-order valence-electron chi connectivity index (χ1n) is 4.91. The maximum Gasteiger partial charge on any atom is 0.103 e. The normalized spacial score (nSPS) is 10.6. The first kappa shape index (κ1) is 9.76. The van der Waals surface area contributed by atoms with Gasteiger partial charge in [-0.05, 0) is 26.0 Å². The summed E-state index contributed by atoms with van der Waals surface area (Å²) in [4.78, 5) is 0. The monoisotopic (exact) mass is 205 g/mol.